The molecular weight excluding hydrogens is 651 g/mol. The summed E-state index contributed by atoms with van der Waals surface area (Å²) in [5, 5.41) is 2.50. The molecule has 2 rings (SSSR count). The second kappa shape index (κ2) is 20.6. The number of halogens is 3. The van der Waals surface area contributed by atoms with Crippen LogP contribution in [0.25, 0.3) is 0 Å². The fraction of sp³-hybridized carbons (Fsp3) is 0.600. The summed E-state index contributed by atoms with van der Waals surface area (Å²) in [6.07, 6.45) is 19.2. The van der Waals surface area contributed by atoms with Crippen LogP contribution in [0.15, 0.2) is 59.5 Å². The number of ketones is 1. The van der Waals surface area contributed by atoms with Gasteiger partial charge < -0.3 is 5.32 Å². The van der Waals surface area contributed by atoms with Crippen LogP contribution in [0.1, 0.15) is 109 Å². The number of aryl methyl sites for hydroxylation is 1. The molecular formula is C35H51Cl3N2O4S. The number of hydrogen-bond acceptors (Lipinski definition) is 4. The molecule has 0 aromatic heterocycles. The minimum Gasteiger partial charge on any atom is -0.323 e. The van der Waals surface area contributed by atoms with E-state index in [0.717, 1.165) is 24.8 Å². The molecule has 2 N–H and O–H groups in total. The van der Waals surface area contributed by atoms with Crippen LogP contribution >= 0.6 is 34.8 Å². The average Bonchev–Trinajstić information content (AvgIpc) is 3.04. The summed E-state index contributed by atoms with van der Waals surface area (Å²) in [5.41, 5.74) is -0.0748. The number of hydrogen-bond donors (Lipinski definition) is 2. The molecule has 10 heteroatoms. The van der Waals surface area contributed by atoms with E-state index in [1.54, 1.807) is 42.5 Å². The van der Waals surface area contributed by atoms with Gasteiger partial charge in [-0.2, -0.15) is 0 Å². The smallest absolute Gasteiger partial charge is 0.268 e. The minimum absolute atomic E-state index is 0.0708. The first-order chi connectivity index (χ1) is 21.5. The summed E-state index contributed by atoms with van der Waals surface area (Å²) >= 11 is 18.5. The van der Waals surface area contributed by atoms with Crippen molar-refractivity contribution in [1.29, 1.82) is 0 Å². The van der Waals surface area contributed by atoms with Crippen LogP contribution < -0.4 is 10.0 Å². The van der Waals surface area contributed by atoms with Crippen LogP contribution in [0.3, 0.4) is 0 Å². The van der Waals surface area contributed by atoms with Crippen molar-refractivity contribution in [2.75, 3.05) is 17.7 Å². The summed E-state index contributed by atoms with van der Waals surface area (Å²) in [5.74, 6) is -2.17. The zero-order valence-electron chi connectivity index (χ0n) is 26.9. The van der Waals surface area contributed by atoms with E-state index < -0.39 is 38.0 Å². The highest BCUT2D eigenvalue weighted by molar-refractivity contribution is 7.89. The second-order valence-corrected chi connectivity index (χ2v) is 15.6. The Morgan fingerprint density at radius 1 is 0.733 bits per heavy atom. The highest BCUT2D eigenvalue weighted by Crippen LogP contribution is 2.34. The first-order valence-electron chi connectivity index (χ1n) is 16.4. The van der Waals surface area contributed by atoms with Crippen LogP contribution in [-0.4, -0.2) is 36.9 Å². The van der Waals surface area contributed by atoms with Gasteiger partial charge in [-0.25, -0.2) is 13.1 Å². The van der Waals surface area contributed by atoms with Crippen LogP contribution in [-0.2, 0) is 26.0 Å². The van der Waals surface area contributed by atoms with E-state index in [4.69, 9.17) is 34.8 Å². The van der Waals surface area contributed by atoms with Crippen molar-refractivity contribution in [3.8, 4) is 0 Å². The third kappa shape index (κ3) is 13.9. The topological polar surface area (TPSA) is 92.3 Å². The number of carbonyl (C=O) groups excluding carboxylic acids is 2. The van der Waals surface area contributed by atoms with E-state index in [-0.39, 0.29) is 10.8 Å². The SMILES string of the molecule is CCCCCCCCCCCCCCCCc1ccc(S(=O)(=O)NCC(C)(CCl)C(=O)C(Cl)(Cl)C(=O)Nc2ccccc2)cc1. The molecule has 0 aliphatic carbocycles. The number of rotatable bonds is 24. The second-order valence-electron chi connectivity index (χ2n) is 12.2. The van der Waals surface area contributed by atoms with Crippen molar-refractivity contribution in [1.82, 2.24) is 4.72 Å². The van der Waals surface area contributed by atoms with E-state index >= 15 is 0 Å². The molecule has 0 heterocycles. The van der Waals surface area contributed by atoms with Crippen molar-refractivity contribution in [3.63, 3.8) is 0 Å². The molecule has 0 fully saturated rings. The lowest BCUT2D eigenvalue weighted by molar-refractivity contribution is -0.131. The van der Waals surface area contributed by atoms with Crippen LogP contribution in [0.5, 0.6) is 0 Å². The fourth-order valence-corrected chi connectivity index (χ4v) is 7.03. The first-order valence-corrected chi connectivity index (χ1v) is 19.2. The summed E-state index contributed by atoms with van der Waals surface area (Å²) in [7, 11) is -3.97. The lowest BCUT2D eigenvalue weighted by Crippen LogP contribution is -2.52. The Balaban J connectivity index is 1.74. The molecule has 2 aromatic rings. The van der Waals surface area contributed by atoms with Crippen LogP contribution in [0, 0.1) is 5.41 Å². The highest BCUT2D eigenvalue weighted by atomic mass is 35.5. The average molecular weight is 702 g/mol. The van der Waals surface area contributed by atoms with Gasteiger partial charge >= 0.3 is 0 Å². The fourth-order valence-electron chi connectivity index (χ4n) is 5.10. The Morgan fingerprint density at radius 2 is 1.22 bits per heavy atom. The summed E-state index contributed by atoms with van der Waals surface area (Å²) in [6.45, 7) is 3.28. The molecule has 252 valence electrons. The maximum atomic E-state index is 13.3. The Hall–Kier alpha value is -1.64. The Kier molecular flexibility index (Phi) is 18.1. The number of nitrogens with one attached hydrogen (secondary N) is 2. The van der Waals surface area contributed by atoms with Crippen molar-refractivity contribution in [2.24, 2.45) is 5.41 Å². The number of amides is 1. The summed E-state index contributed by atoms with van der Waals surface area (Å²) < 4.78 is 26.0. The molecule has 1 atom stereocenters. The zero-order chi connectivity index (χ0) is 33.2. The van der Waals surface area contributed by atoms with Crippen molar-refractivity contribution >= 4 is 62.2 Å². The van der Waals surface area contributed by atoms with Gasteiger partial charge in [0.2, 0.25) is 10.0 Å². The maximum absolute atomic E-state index is 13.3. The van der Waals surface area contributed by atoms with Crippen LogP contribution in [0.4, 0.5) is 5.69 Å². The Bertz CT molecular complexity index is 1260. The van der Waals surface area contributed by atoms with Gasteiger partial charge in [0.1, 0.15) is 0 Å². The van der Waals surface area contributed by atoms with Gasteiger partial charge in [0, 0.05) is 18.1 Å². The summed E-state index contributed by atoms with van der Waals surface area (Å²) in [6, 6.07) is 15.2. The Morgan fingerprint density at radius 3 is 1.71 bits per heavy atom. The van der Waals surface area contributed by atoms with Gasteiger partial charge in [0.25, 0.3) is 10.2 Å². The van der Waals surface area contributed by atoms with E-state index in [1.165, 1.54) is 84.0 Å². The van der Waals surface area contributed by atoms with E-state index in [2.05, 4.69) is 17.0 Å². The van der Waals surface area contributed by atoms with E-state index in [1.807, 2.05) is 12.1 Å². The van der Waals surface area contributed by atoms with Crippen molar-refractivity contribution in [3.05, 3.63) is 60.2 Å². The quantitative estimate of drug-likeness (QED) is 0.0648. The molecule has 0 spiro atoms. The monoisotopic (exact) mass is 700 g/mol. The first kappa shape index (κ1) is 39.5. The number of benzene rings is 2. The Labute approximate surface area is 286 Å². The van der Waals surface area contributed by atoms with E-state index in [0.29, 0.717) is 5.69 Å². The predicted molar refractivity (Wildman–Crippen MR) is 189 cm³/mol. The number of para-hydroxylation sites is 1. The molecule has 1 unspecified atom stereocenters. The van der Waals surface area contributed by atoms with Gasteiger partial charge in [-0.15, -0.1) is 11.6 Å². The zero-order valence-corrected chi connectivity index (χ0v) is 30.0. The third-order valence-electron chi connectivity index (χ3n) is 8.15. The molecule has 0 aliphatic heterocycles. The molecule has 6 nitrogen and oxygen atoms in total. The number of anilines is 1. The normalized spacial score (nSPS) is 13.4. The number of carbonyl (C=O) groups is 2. The van der Waals surface area contributed by atoms with Gasteiger partial charge in [-0.3, -0.25) is 9.59 Å². The number of sulfonamides is 1. The lowest BCUT2D eigenvalue weighted by Gasteiger charge is -2.31. The molecule has 1 amide bonds. The minimum atomic E-state index is -3.97. The van der Waals surface area contributed by atoms with Gasteiger partial charge in [-0.1, -0.05) is 151 Å². The van der Waals surface area contributed by atoms with Crippen LogP contribution in [0.2, 0.25) is 0 Å². The van der Waals surface area contributed by atoms with Crippen molar-refractivity contribution in [2.45, 2.75) is 119 Å². The number of Topliss-reactive ketones (excluding diaryl/α,β-unsaturated/α-hetero) is 1. The summed E-state index contributed by atoms with van der Waals surface area (Å²) in [4.78, 5) is 26.1. The van der Waals surface area contributed by atoms with Crippen molar-refractivity contribution < 1.29 is 18.0 Å². The molecule has 0 saturated carbocycles. The molecule has 45 heavy (non-hydrogen) atoms. The standard InChI is InChI=1S/C35H51Cl3N2O4S/c1-3-4-5-6-7-8-9-10-11-12-13-14-15-17-20-29-23-25-31(26-24-29)45(43,44)39-28-34(2,27-36)32(41)35(37,38)33(42)40-30-21-18-16-19-22-30/h16,18-19,21-26,39H,3-15,17,20,27-28H2,1-2H3,(H,40,42). The highest BCUT2D eigenvalue weighted by Gasteiger charge is 2.51. The van der Waals surface area contributed by atoms with Gasteiger partial charge in [0.05, 0.1) is 10.3 Å². The van der Waals surface area contributed by atoms with Gasteiger partial charge in [0.15, 0.2) is 5.78 Å². The largest absolute Gasteiger partial charge is 0.323 e. The molecule has 2 aromatic carbocycles. The van der Waals surface area contributed by atoms with Gasteiger partial charge in [-0.05, 0) is 42.7 Å². The molecule has 0 saturated heterocycles. The number of alkyl halides is 3. The lowest BCUT2D eigenvalue weighted by atomic mass is 9.85. The van der Waals surface area contributed by atoms with E-state index in [9.17, 15) is 18.0 Å². The third-order valence-corrected chi connectivity index (χ3v) is 10.8. The number of unbranched alkanes of at least 4 members (excludes halogenated alkanes) is 13. The molecule has 0 aliphatic rings. The molecule has 0 bridgehead atoms. The maximum Gasteiger partial charge on any atom is 0.268 e. The molecule has 0 radical (unpaired) electrons. The predicted octanol–water partition coefficient (Wildman–Crippen LogP) is 9.62.